The van der Waals surface area contributed by atoms with Crippen LogP contribution in [0.15, 0.2) is 34.8 Å². The van der Waals surface area contributed by atoms with Crippen LogP contribution in [0.2, 0.25) is 0 Å². The van der Waals surface area contributed by atoms with Crippen molar-refractivity contribution in [2.75, 3.05) is 19.0 Å². The number of nitrogens with two attached hydrogens (primary N) is 1. The first-order chi connectivity index (χ1) is 15.9. The highest BCUT2D eigenvalue weighted by atomic mass is 16.3. The van der Waals surface area contributed by atoms with Crippen LogP contribution in [-0.2, 0) is 16.0 Å². The maximum absolute atomic E-state index is 13.5. The smallest absolute Gasteiger partial charge is 0.209 e. The van der Waals surface area contributed by atoms with Gasteiger partial charge in [0, 0.05) is 37.2 Å². The first-order valence-corrected chi connectivity index (χ1v) is 11.4. The third-order valence-corrected chi connectivity index (χ3v) is 7.65. The molecule has 0 aliphatic heterocycles. The number of hydrogen-bond donors (Lipinski definition) is 5. The highest BCUT2D eigenvalue weighted by molar-refractivity contribution is 6.26. The Labute approximate surface area is 197 Å². The Hall–Kier alpha value is -3.17. The van der Waals surface area contributed by atoms with E-state index in [1.165, 1.54) is 6.07 Å². The van der Waals surface area contributed by atoms with Crippen LogP contribution >= 0.6 is 0 Å². The van der Waals surface area contributed by atoms with E-state index in [2.05, 4.69) is 0 Å². The highest BCUT2D eigenvalue weighted by Gasteiger charge is 2.62. The van der Waals surface area contributed by atoms with E-state index >= 15 is 0 Å². The first kappa shape index (κ1) is 24.0. The fourth-order valence-corrected chi connectivity index (χ4v) is 5.55. The number of anilines is 1. The summed E-state index contributed by atoms with van der Waals surface area (Å²) in [5.74, 6) is -6.62. The number of phenols is 1. The molecule has 3 aliphatic rings. The minimum Gasteiger partial charge on any atom is -0.510 e. The maximum Gasteiger partial charge on any atom is 0.209 e. The van der Waals surface area contributed by atoms with Crippen LogP contribution in [0.5, 0.6) is 5.75 Å². The summed E-state index contributed by atoms with van der Waals surface area (Å²) in [7, 11) is 3.60. The Morgan fingerprint density at radius 2 is 1.88 bits per heavy atom. The van der Waals surface area contributed by atoms with E-state index in [-0.39, 0.29) is 29.7 Å². The van der Waals surface area contributed by atoms with Gasteiger partial charge < -0.3 is 31.1 Å². The average Bonchev–Trinajstić information content (AvgIpc) is 2.78. The van der Waals surface area contributed by atoms with Gasteiger partial charge in [0.25, 0.3) is 0 Å². The van der Waals surface area contributed by atoms with Crippen LogP contribution in [0.3, 0.4) is 0 Å². The molecule has 0 fully saturated rings. The lowest BCUT2D eigenvalue weighted by atomic mass is 9.58. The van der Waals surface area contributed by atoms with Crippen molar-refractivity contribution in [1.82, 2.24) is 0 Å². The van der Waals surface area contributed by atoms with Gasteiger partial charge >= 0.3 is 0 Å². The predicted molar refractivity (Wildman–Crippen MR) is 124 cm³/mol. The molecule has 0 bridgehead atoms. The van der Waals surface area contributed by atoms with Gasteiger partial charge in [-0.25, -0.2) is 0 Å². The largest absolute Gasteiger partial charge is 0.510 e. The molecule has 34 heavy (non-hydrogen) atoms. The molecule has 182 valence electrons. The van der Waals surface area contributed by atoms with E-state index < -0.39 is 63.8 Å². The van der Waals surface area contributed by atoms with Crippen molar-refractivity contribution in [2.24, 2.45) is 23.5 Å². The molecule has 0 amide bonds. The molecule has 1 aromatic rings. The van der Waals surface area contributed by atoms with Crippen molar-refractivity contribution in [3.8, 4) is 5.75 Å². The van der Waals surface area contributed by atoms with E-state index in [1.54, 1.807) is 38.9 Å². The van der Waals surface area contributed by atoms with Crippen LogP contribution in [0.4, 0.5) is 5.69 Å². The molecule has 9 nitrogen and oxygen atoms in total. The topological polar surface area (TPSA) is 161 Å². The molecule has 0 heterocycles. The third kappa shape index (κ3) is 3.03. The number of carbonyl (C=O) groups excluding carboxylic acids is 3. The number of aromatic hydroxyl groups is 1. The minimum atomic E-state index is -2.63. The number of aliphatic hydroxyl groups excluding tert-OH is 2. The summed E-state index contributed by atoms with van der Waals surface area (Å²) >= 11 is 0. The van der Waals surface area contributed by atoms with Crippen LogP contribution in [-0.4, -0.2) is 63.5 Å². The van der Waals surface area contributed by atoms with Crippen molar-refractivity contribution < 1.29 is 34.8 Å². The molecular formula is C25H30N2O7. The molecule has 9 heteroatoms. The van der Waals surface area contributed by atoms with Gasteiger partial charge in [-0.1, -0.05) is 13.8 Å². The number of rotatable bonds is 4. The van der Waals surface area contributed by atoms with E-state index in [0.29, 0.717) is 17.7 Å². The molecule has 0 radical (unpaired) electrons. The molecule has 0 saturated carbocycles. The van der Waals surface area contributed by atoms with Crippen molar-refractivity contribution in [3.05, 3.63) is 45.9 Å². The normalized spacial score (nSPS) is 29.4. The van der Waals surface area contributed by atoms with Gasteiger partial charge in [-0.15, -0.1) is 0 Å². The molecule has 3 aliphatic carbocycles. The zero-order chi connectivity index (χ0) is 25.3. The number of benzene rings is 1. The molecular weight excluding hydrogens is 440 g/mol. The lowest BCUT2D eigenvalue weighted by Crippen LogP contribution is -2.63. The summed E-state index contributed by atoms with van der Waals surface area (Å²) in [6, 6.07) is 1.78. The fourth-order valence-electron chi connectivity index (χ4n) is 5.55. The fraction of sp³-hybridized carbons (Fsp3) is 0.480. The van der Waals surface area contributed by atoms with Crippen molar-refractivity contribution in [2.45, 2.75) is 44.8 Å². The standard InChI is InChI=1S/C25H30N2O7/c1-5-10(2)20(29)18-22(31)19(26)13-9-11-8-12-14(27(3)4)6-7-15(28)17(12)21(30)16(11)23(32)25(13,34)24(18)33/h6-7,10-11,13,19,28,31-32,34H,5,8-9,26H2,1-4H3. The Balaban J connectivity index is 1.91. The second kappa shape index (κ2) is 7.95. The minimum absolute atomic E-state index is 0.00732. The van der Waals surface area contributed by atoms with Gasteiger partial charge in [-0.05, 0) is 42.9 Å². The number of aliphatic hydroxyl groups is 3. The number of fused-ring (bicyclic) bond motifs is 3. The Bertz CT molecular complexity index is 1180. The molecule has 0 saturated heterocycles. The molecule has 5 atom stereocenters. The molecule has 4 rings (SSSR count). The molecule has 6 N–H and O–H groups in total. The Morgan fingerprint density at radius 3 is 2.47 bits per heavy atom. The zero-order valence-electron chi connectivity index (χ0n) is 19.6. The van der Waals surface area contributed by atoms with E-state index in [1.807, 2.05) is 0 Å². The van der Waals surface area contributed by atoms with E-state index in [4.69, 9.17) is 5.73 Å². The third-order valence-electron chi connectivity index (χ3n) is 7.65. The number of nitrogens with zero attached hydrogens (tertiary/aromatic N) is 1. The van der Waals surface area contributed by atoms with Crippen LogP contribution in [0.1, 0.15) is 42.6 Å². The Kier molecular flexibility index (Phi) is 5.61. The summed E-state index contributed by atoms with van der Waals surface area (Å²) in [6.07, 6.45) is 0.655. The van der Waals surface area contributed by atoms with Gasteiger partial charge in [0.2, 0.25) is 5.78 Å². The van der Waals surface area contributed by atoms with Gasteiger partial charge in [-0.2, -0.15) is 0 Å². The monoisotopic (exact) mass is 470 g/mol. The number of hydrogen-bond acceptors (Lipinski definition) is 9. The highest BCUT2D eigenvalue weighted by Crippen LogP contribution is 2.52. The number of ketones is 3. The number of carbonyl (C=O) groups is 3. The number of Topliss-reactive ketones (excluding diaryl/α,β-unsaturated/α-hetero) is 3. The Morgan fingerprint density at radius 1 is 1.24 bits per heavy atom. The SMILES string of the molecule is CCC(C)C(=O)C1=C(O)C(N)C2CC3Cc4c(N(C)C)ccc(O)c4C(=O)C3=C(O)C2(O)C1=O. The summed E-state index contributed by atoms with van der Waals surface area (Å²) in [6.45, 7) is 3.32. The number of allylic oxidation sites excluding steroid dienone is 1. The summed E-state index contributed by atoms with van der Waals surface area (Å²) in [5, 5.41) is 43.9. The second-order valence-corrected chi connectivity index (χ2v) is 9.74. The summed E-state index contributed by atoms with van der Waals surface area (Å²) in [4.78, 5) is 41.6. The molecule has 0 spiro atoms. The van der Waals surface area contributed by atoms with Crippen molar-refractivity contribution in [3.63, 3.8) is 0 Å². The molecule has 5 unspecified atom stereocenters. The quantitative estimate of drug-likeness (QED) is 0.413. The summed E-state index contributed by atoms with van der Waals surface area (Å²) < 4.78 is 0. The van der Waals surface area contributed by atoms with Gasteiger partial charge in [-0.3, -0.25) is 14.4 Å². The van der Waals surface area contributed by atoms with E-state index in [0.717, 1.165) is 0 Å². The second-order valence-electron chi connectivity index (χ2n) is 9.74. The van der Waals surface area contributed by atoms with Crippen LogP contribution in [0.25, 0.3) is 0 Å². The lowest BCUT2D eigenvalue weighted by Gasteiger charge is -2.48. The maximum atomic E-state index is 13.5. The summed E-state index contributed by atoms with van der Waals surface area (Å²) in [5.41, 5.74) is 4.11. The van der Waals surface area contributed by atoms with E-state index in [9.17, 15) is 34.8 Å². The lowest BCUT2D eigenvalue weighted by molar-refractivity contribution is -0.146. The van der Waals surface area contributed by atoms with Crippen LogP contribution in [0, 0.1) is 17.8 Å². The van der Waals surface area contributed by atoms with Crippen molar-refractivity contribution >= 4 is 23.0 Å². The number of phenolic OH excluding ortho intramolecular Hbond substituents is 1. The predicted octanol–water partition coefficient (Wildman–Crippen LogP) is 1.71. The van der Waals surface area contributed by atoms with Crippen LogP contribution < -0.4 is 10.6 Å². The molecule has 1 aromatic carbocycles. The van der Waals surface area contributed by atoms with Gasteiger partial charge in [0.05, 0.1) is 11.6 Å². The molecule has 0 aromatic heterocycles. The first-order valence-electron chi connectivity index (χ1n) is 11.4. The van der Waals surface area contributed by atoms with Crippen molar-refractivity contribution in [1.29, 1.82) is 0 Å². The van der Waals surface area contributed by atoms with Gasteiger partial charge in [0.15, 0.2) is 17.2 Å². The average molecular weight is 471 g/mol. The van der Waals surface area contributed by atoms with Gasteiger partial charge in [0.1, 0.15) is 22.8 Å². The zero-order valence-corrected chi connectivity index (χ0v) is 19.6.